The van der Waals surface area contributed by atoms with Crippen molar-refractivity contribution in [2.24, 2.45) is 5.92 Å². The molecule has 0 saturated carbocycles. The number of rotatable bonds is 6. The Morgan fingerprint density at radius 2 is 1.93 bits per heavy atom. The highest BCUT2D eigenvalue weighted by molar-refractivity contribution is 9.10. The number of pyridine rings is 1. The summed E-state index contributed by atoms with van der Waals surface area (Å²) in [5.41, 5.74) is 1.86. The van der Waals surface area contributed by atoms with Crippen LogP contribution in [0.2, 0.25) is 5.02 Å². The molecule has 146 valence electrons. The number of fused-ring (bicyclic) bond motifs is 1. The highest BCUT2D eigenvalue weighted by Gasteiger charge is 2.25. The lowest BCUT2D eigenvalue weighted by atomic mass is 10.0. The first-order valence-corrected chi connectivity index (χ1v) is 9.98. The fourth-order valence-electron chi connectivity index (χ4n) is 2.79. The van der Waals surface area contributed by atoms with Crippen molar-refractivity contribution in [1.29, 1.82) is 0 Å². The van der Waals surface area contributed by atoms with Crippen molar-refractivity contribution in [1.82, 2.24) is 20.0 Å². The summed E-state index contributed by atoms with van der Waals surface area (Å²) >= 11 is 9.50. The van der Waals surface area contributed by atoms with E-state index in [9.17, 15) is 9.59 Å². The van der Waals surface area contributed by atoms with Gasteiger partial charge >= 0.3 is 0 Å². The summed E-state index contributed by atoms with van der Waals surface area (Å²) in [6.45, 7) is 4.02. The maximum atomic E-state index is 12.7. The van der Waals surface area contributed by atoms with Crippen LogP contribution in [0.4, 0.5) is 0 Å². The molecule has 2 N–H and O–H groups in total. The van der Waals surface area contributed by atoms with Crippen LogP contribution in [0.15, 0.2) is 53.3 Å². The number of hydrogen-bond donors (Lipinski definition) is 2. The first kappa shape index (κ1) is 20.4. The van der Waals surface area contributed by atoms with E-state index in [1.165, 1.54) is 0 Å². The fraction of sp³-hybridized carbons (Fsp3) is 0.250. The molecule has 0 radical (unpaired) electrons. The van der Waals surface area contributed by atoms with Gasteiger partial charge in [-0.1, -0.05) is 37.6 Å². The van der Waals surface area contributed by atoms with Gasteiger partial charge < -0.3 is 15.0 Å². The fourth-order valence-corrected chi connectivity index (χ4v) is 3.36. The predicted octanol–water partition coefficient (Wildman–Crippen LogP) is 3.82. The number of imidazole rings is 1. The highest BCUT2D eigenvalue weighted by atomic mass is 79.9. The van der Waals surface area contributed by atoms with E-state index in [1.807, 2.05) is 42.8 Å². The van der Waals surface area contributed by atoms with Gasteiger partial charge in [-0.3, -0.25) is 9.59 Å². The molecule has 28 heavy (non-hydrogen) atoms. The molecule has 6 nitrogen and oxygen atoms in total. The molecule has 1 unspecified atom stereocenters. The summed E-state index contributed by atoms with van der Waals surface area (Å²) in [4.78, 5) is 29.7. The lowest BCUT2D eigenvalue weighted by Crippen LogP contribution is -2.49. The number of hydrogen-bond acceptors (Lipinski definition) is 3. The van der Waals surface area contributed by atoms with Crippen molar-refractivity contribution < 1.29 is 9.59 Å². The largest absolute Gasteiger partial charge is 0.349 e. The van der Waals surface area contributed by atoms with Crippen LogP contribution in [0, 0.1) is 5.92 Å². The summed E-state index contributed by atoms with van der Waals surface area (Å²) < 4.78 is 2.82. The lowest BCUT2D eigenvalue weighted by molar-refractivity contribution is -0.124. The van der Waals surface area contributed by atoms with E-state index in [-0.39, 0.29) is 24.3 Å². The number of amides is 2. The molecule has 0 fully saturated rings. The van der Waals surface area contributed by atoms with E-state index in [2.05, 4.69) is 31.5 Å². The Balaban J connectivity index is 1.67. The van der Waals surface area contributed by atoms with Gasteiger partial charge in [0.25, 0.3) is 5.91 Å². The maximum Gasteiger partial charge on any atom is 0.253 e. The summed E-state index contributed by atoms with van der Waals surface area (Å²) in [5.74, 6) is -0.742. The third-order valence-electron chi connectivity index (χ3n) is 4.26. The minimum absolute atomic E-state index is 0.0940. The Morgan fingerprint density at radius 1 is 1.18 bits per heavy atom. The quantitative estimate of drug-likeness (QED) is 0.583. The maximum absolute atomic E-state index is 12.7. The summed E-state index contributed by atoms with van der Waals surface area (Å²) in [5, 5.41) is 5.98. The van der Waals surface area contributed by atoms with Crippen molar-refractivity contribution in [3.63, 3.8) is 0 Å². The van der Waals surface area contributed by atoms with Crippen LogP contribution in [-0.2, 0) is 11.3 Å². The van der Waals surface area contributed by atoms with E-state index in [0.29, 0.717) is 10.6 Å². The Hall–Kier alpha value is -2.38. The SMILES string of the molecule is CC(C)C(NC(=O)c1ccccc1Cl)C(=O)NCc1cn2cc(Br)ccc2n1. The molecular formula is C20H20BrClN4O2. The minimum Gasteiger partial charge on any atom is -0.349 e. The Labute approximate surface area is 176 Å². The Morgan fingerprint density at radius 3 is 2.64 bits per heavy atom. The Kier molecular flexibility index (Phi) is 6.36. The average Bonchev–Trinajstić information content (AvgIpc) is 3.06. The number of nitrogens with one attached hydrogen (secondary N) is 2. The van der Waals surface area contributed by atoms with Gasteiger partial charge in [0.1, 0.15) is 11.7 Å². The van der Waals surface area contributed by atoms with E-state index in [1.54, 1.807) is 24.3 Å². The van der Waals surface area contributed by atoms with Crippen LogP contribution in [0.25, 0.3) is 5.65 Å². The van der Waals surface area contributed by atoms with E-state index in [0.717, 1.165) is 15.8 Å². The zero-order valence-corrected chi connectivity index (χ0v) is 17.8. The number of carbonyl (C=O) groups excluding carboxylic acids is 2. The van der Waals surface area contributed by atoms with Gasteiger partial charge in [0.2, 0.25) is 5.91 Å². The van der Waals surface area contributed by atoms with Crippen molar-refractivity contribution in [2.45, 2.75) is 26.4 Å². The van der Waals surface area contributed by atoms with Gasteiger partial charge in [0, 0.05) is 16.9 Å². The van der Waals surface area contributed by atoms with E-state index < -0.39 is 6.04 Å². The summed E-state index contributed by atoms with van der Waals surface area (Å²) in [7, 11) is 0. The molecule has 0 saturated heterocycles. The molecule has 8 heteroatoms. The second-order valence-electron chi connectivity index (χ2n) is 6.74. The highest BCUT2D eigenvalue weighted by Crippen LogP contribution is 2.16. The molecule has 0 aliphatic heterocycles. The molecule has 0 bridgehead atoms. The van der Waals surface area contributed by atoms with Gasteiger partial charge in [-0.2, -0.15) is 0 Å². The lowest BCUT2D eigenvalue weighted by Gasteiger charge is -2.21. The minimum atomic E-state index is -0.685. The predicted molar refractivity (Wildman–Crippen MR) is 112 cm³/mol. The number of halogens is 2. The van der Waals surface area contributed by atoms with Gasteiger partial charge in [-0.25, -0.2) is 4.98 Å². The van der Waals surface area contributed by atoms with Crippen molar-refractivity contribution in [3.8, 4) is 0 Å². The zero-order chi connectivity index (χ0) is 20.3. The second-order valence-corrected chi connectivity index (χ2v) is 8.06. The number of benzene rings is 1. The van der Waals surface area contributed by atoms with Crippen LogP contribution >= 0.6 is 27.5 Å². The normalized spacial score (nSPS) is 12.2. The van der Waals surface area contributed by atoms with Crippen LogP contribution in [-0.4, -0.2) is 27.2 Å². The molecule has 0 aliphatic carbocycles. The second kappa shape index (κ2) is 8.75. The molecule has 2 amide bonds. The molecule has 1 aromatic carbocycles. The van der Waals surface area contributed by atoms with Gasteiger partial charge in [0.15, 0.2) is 0 Å². The number of carbonyl (C=O) groups is 2. The first-order valence-electron chi connectivity index (χ1n) is 8.81. The summed E-state index contributed by atoms with van der Waals surface area (Å²) in [6.07, 6.45) is 3.75. The standard InChI is InChI=1S/C20H20BrClN4O2/c1-12(2)18(25-19(27)15-5-3-4-6-16(15)22)20(28)23-9-14-11-26-10-13(21)7-8-17(26)24-14/h3-8,10-12,18H,9H2,1-2H3,(H,23,28)(H,25,27). The number of aromatic nitrogens is 2. The Bertz CT molecular complexity index is 1020. The molecular weight excluding hydrogens is 444 g/mol. The number of nitrogens with zero attached hydrogens (tertiary/aromatic N) is 2. The zero-order valence-electron chi connectivity index (χ0n) is 15.4. The van der Waals surface area contributed by atoms with Crippen LogP contribution in [0.1, 0.15) is 29.9 Å². The molecule has 2 heterocycles. The molecule has 0 spiro atoms. The smallest absolute Gasteiger partial charge is 0.253 e. The molecule has 1 atom stereocenters. The van der Waals surface area contributed by atoms with Crippen LogP contribution < -0.4 is 10.6 Å². The van der Waals surface area contributed by atoms with Crippen molar-refractivity contribution >= 4 is 45.0 Å². The first-order chi connectivity index (χ1) is 13.3. The van der Waals surface area contributed by atoms with Crippen molar-refractivity contribution in [2.75, 3.05) is 0 Å². The third kappa shape index (κ3) is 4.72. The molecule has 3 aromatic rings. The van der Waals surface area contributed by atoms with Crippen LogP contribution in [0.5, 0.6) is 0 Å². The monoisotopic (exact) mass is 462 g/mol. The third-order valence-corrected chi connectivity index (χ3v) is 5.06. The van der Waals surface area contributed by atoms with Gasteiger partial charge in [-0.15, -0.1) is 0 Å². The van der Waals surface area contributed by atoms with E-state index >= 15 is 0 Å². The van der Waals surface area contributed by atoms with Gasteiger partial charge in [0.05, 0.1) is 22.8 Å². The topological polar surface area (TPSA) is 75.5 Å². The molecule has 2 aromatic heterocycles. The van der Waals surface area contributed by atoms with Crippen molar-refractivity contribution in [3.05, 3.63) is 69.5 Å². The summed E-state index contributed by atoms with van der Waals surface area (Å²) in [6, 6.07) is 9.85. The van der Waals surface area contributed by atoms with Crippen LogP contribution in [0.3, 0.4) is 0 Å². The molecule has 3 rings (SSSR count). The molecule has 0 aliphatic rings. The van der Waals surface area contributed by atoms with E-state index in [4.69, 9.17) is 11.6 Å². The van der Waals surface area contributed by atoms with Gasteiger partial charge in [-0.05, 0) is 46.1 Å². The average molecular weight is 464 g/mol.